The largest absolute Gasteiger partial charge is 0.337 e. The average molecular weight is 314 g/mol. The first-order valence-corrected chi connectivity index (χ1v) is 8.25. The fourth-order valence-electron chi connectivity index (χ4n) is 3.67. The van der Waals surface area contributed by atoms with E-state index in [1.807, 2.05) is 11.0 Å². The van der Waals surface area contributed by atoms with Crippen molar-refractivity contribution in [3.63, 3.8) is 0 Å². The van der Waals surface area contributed by atoms with Gasteiger partial charge in [-0.3, -0.25) is 15.0 Å². The molecule has 23 heavy (non-hydrogen) atoms. The number of aromatic nitrogens is 4. The van der Waals surface area contributed by atoms with Gasteiger partial charge in [-0.05, 0) is 26.0 Å². The number of nitrogens with zero attached hydrogens (tertiary/aromatic N) is 4. The predicted octanol–water partition coefficient (Wildman–Crippen LogP) is 1.14. The Morgan fingerprint density at radius 2 is 2.26 bits per heavy atom. The van der Waals surface area contributed by atoms with Gasteiger partial charge in [0, 0.05) is 61.7 Å². The van der Waals surface area contributed by atoms with E-state index in [-0.39, 0.29) is 5.91 Å². The smallest absolute Gasteiger partial charge is 0.274 e. The molecule has 2 N–H and O–H groups in total. The number of fused-ring (bicyclic) bond motifs is 1. The number of nitrogens with one attached hydrogen (secondary N) is 2. The normalized spacial score (nSPS) is 22.1. The van der Waals surface area contributed by atoms with Gasteiger partial charge in [-0.15, -0.1) is 0 Å². The summed E-state index contributed by atoms with van der Waals surface area (Å²) in [6, 6.07) is 2.00. The topological polar surface area (TPSA) is 80.9 Å². The molecule has 0 aromatic carbocycles. The van der Waals surface area contributed by atoms with Crippen LogP contribution >= 0.6 is 0 Å². The maximum absolute atomic E-state index is 13.0. The molecule has 122 valence electrons. The first-order chi connectivity index (χ1) is 11.2. The van der Waals surface area contributed by atoms with E-state index in [0.717, 1.165) is 62.4 Å². The zero-order valence-electron chi connectivity index (χ0n) is 13.4. The summed E-state index contributed by atoms with van der Waals surface area (Å²) < 4.78 is 0. The lowest BCUT2D eigenvalue weighted by Gasteiger charge is -2.32. The van der Waals surface area contributed by atoms with E-state index in [4.69, 9.17) is 0 Å². The Balaban J connectivity index is 1.54. The van der Waals surface area contributed by atoms with Gasteiger partial charge in [0.1, 0.15) is 0 Å². The van der Waals surface area contributed by atoms with Crippen LogP contribution in [0.2, 0.25) is 0 Å². The molecule has 7 nitrogen and oxygen atoms in total. The van der Waals surface area contributed by atoms with Crippen LogP contribution in [0.5, 0.6) is 0 Å². The molecule has 1 amide bonds. The molecule has 4 rings (SSSR count). The van der Waals surface area contributed by atoms with Crippen LogP contribution in [0.1, 0.15) is 46.2 Å². The molecule has 0 radical (unpaired) electrons. The van der Waals surface area contributed by atoms with Crippen molar-refractivity contribution in [3.8, 4) is 0 Å². The van der Waals surface area contributed by atoms with Crippen LogP contribution in [0.25, 0.3) is 0 Å². The van der Waals surface area contributed by atoms with E-state index in [0.29, 0.717) is 11.6 Å². The van der Waals surface area contributed by atoms with Crippen molar-refractivity contribution in [1.29, 1.82) is 0 Å². The van der Waals surface area contributed by atoms with Crippen molar-refractivity contribution >= 4 is 5.91 Å². The van der Waals surface area contributed by atoms with Crippen LogP contribution < -0.4 is 0 Å². The summed E-state index contributed by atoms with van der Waals surface area (Å²) in [4.78, 5) is 17.1. The highest BCUT2D eigenvalue weighted by molar-refractivity contribution is 5.94. The van der Waals surface area contributed by atoms with Crippen LogP contribution in [0.15, 0.2) is 12.3 Å². The third-order valence-electron chi connectivity index (χ3n) is 5.00. The molecular formula is C16H22N6O. The summed E-state index contributed by atoms with van der Waals surface area (Å²) in [5.74, 6) is 0.398. The van der Waals surface area contributed by atoms with Crippen LogP contribution in [0.3, 0.4) is 0 Å². The molecule has 4 heterocycles. The van der Waals surface area contributed by atoms with Crippen LogP contribution in [0.4, 0.5) is 0 Å². The highest BCUT2D eigenvalue weighted by Crippen LogP contribution is 2.27. The first kappa shape index (κ1) is 14.4. The second kappa shape index (κ2) is 5.81. The minimum Gasteiger partial charge on any atom is -0.337 e. The zero-order chi connectivity index (χ0) is 15.8. The first-order valence-electron chi connectivity index (χ1n) is 8.25. The van der Waals surface area contributed by atoms with Gasteiger partial charge < -0.3 is 9.80 Å². The molecule has 1 atom stereocenters. The maximum Gasteiger partial charge on any atom is 0.274 e. The number of hydrogen-bond donors (Lipinski definition) is 2. The van der Waals surface area contributed by atoms with E-state index < -0.39 is 0 Å². The van der Waals surface area contributed by atoms with Crippen molar-refractivity contribution in [1.82, 2.24) is 30.2 Å². The van der Waals surface area contributed by atoms with E-state index in [9.17, 15) is 4.79 Å². The van der Waals surface area contributed by atoms with Gasteiger partial charge in [-0.1, -0.05) is 0 Å². The SMILES string of the molecule is CN1CCc2[nH]nc(C(=O)N3CCCC(c4ccn[nH]4)C3)c2C1. The van der Waals surface area contributed by atoms with E-state index in [1.54, 1.807) is 6.20 Å². The molecule has 0 spiro atoms. The van der Waals surface area contributed by atoms with Crippen molar-refractivity contribution < 1.29 is 4.79 Å². The molecule has 0 aliphatic carbocycles. The van der Waals surface area contributed by atoms with Crippen LogP contribution in [-0.2, 0) is 13.0 Å². The molecule has 2 aliphatic rings. The van der Waals surface area contributed by atoms with E-state index >= 15 is 0 Å². The van der Waals surface area contributed by atoms with E-state index in [1.165, 1.54) is 0 Å². The number of rotatable bonds is 2. The maximum atomic E-state index is 13.0. The Labute approximate surface area is 135 Å². The van der Waals surface area contributed by atoms with E-state index in [2.05, 4.69) is 32.3 Å². The Kier molecular flexibility index (Phi) is 3.65. The Hall–Kier alpha value is -2.15. The Bertz CT molecular complexity index is 691. The summed E-state index contributed by atoms with van der Waals surface area (Å²) in [6.45, 7) is 3.35. The minimum atomic E-state index is 0.0574. The average Bonchev–Trinajstić information content (AvgIpc) is 3.24. The van der Waals surface area contributed by atoms with Crippen LogP contribution in [0, 0.1) is 0 Å². The summed E-state index contributed by atoms with van der Waals surface area (Å²) in [5.41, 5.74) is 3.92. The molecule has 1 fully saturated rings. The van der Waals surface area contributed by atoms with Crippen molar-refractivity contribution in [2.45, 2.75) is 31.7 Å². The number of likely N-dealkylation sites (N-methyl/N-ethyl adjacent to an activating group) is 1. The molecular weight excluding hydrogens is 292 g/mol. The second-order valence-corrected chi connectivity index (χ2v) is 6.62. The van der Waals surface area contributed by atoms with Gasteiger partial charge in [0.25, 0.3) is 5.91 Å². The summed E-state index contributed by atoms with van der Waals surface area (Å²) in [6.07, 6.45) is 4.81. The van der Waals surface area contributed by atoms with Gasteiger partial charge in [-0.2, -0.15) is 10.2 Å². The van der Waals surface area contributed by atoms with Crippen molar-refractivity contribution in [2.75, 3.05) is 26.7 Å². The van der Waals surface area contributed by atoms with Crippen molar-refractivity contribution in [2.24, 2.45) is 0 Å². The lowest BCUT2D eigenvalue weighted by atomic mass is 9.94. The predicted molar refractivity (Wildman–Crippen MR) is 85.1 cm³/mol. The lowest BCUT2D eigenvalue weighted by molar-refractivity contribution is 0.0697. The number of aromatic amines is 2. The number of likely N-dealkylation sites (tertiary alicyclic amines) is 1. The molecule has 0 bridgehead atoms. The lowest BCUT2D eigenvalue weighted by Crippen LogP contribution is -2.40. The minimum absolute atomic E-state index is 0.0574. The summed E-state index contributed by atoms with van der Waals surface area (Å²) in [7, 11) is 2.08. The number of piperidine rings is 1. The number of hydrogen-bond acceptors (Lipinski definition) is 4. The molecule has 1 unspecified atom stereocenters. The molecule has 0 saturated carbocycles. The van der Waals surface area contributed by atoms with Gasteiger partial charge in [0.2, 0.25) is 0 Å². The zero-order valence-corrected chi connectivity index (χ0v) is 13.4. The highest BCUT2D eigenvalue weighted by Gasteiger charge is 2.30. The third-order valence-corrected chi connectivity index (χ3v) is 5.00. The number of amides is 1. The summed E-state index contributed by atoms with van der Waals surface area (Å²) in [5, 5.41) is 14.5. The van der Waals surface area contributed by atoms with Gasteiger partial charge in [0.05, 0.1) is 0 Å². The van der Waals surface area contributed by atoms with Gasteiger partial charge in [0.15, 0.2) is 5.69 Å². The fraction of sp³-hybridized carbons (Fsp3) is 0.562. The number of H-pyrrole nitrogens is 2. The fourth-order valence-corrected chi connectivity index (χ4v) is 3.67. The molecule has 7 heteroatoms. The van der Waals surface area contributed by atoms with Crippen LogP contribution in [-0.4, -0.2) is 62.8 Å². The Morgan fingerprint density at radius 1 is 1.35 bits per heavy atom. The number of carbonyl (C=O) groups excluding carboxylic acids is 1. The van der Waals surface area contributed by atoms with Gasteiger partial charge in [-0.25, -0.2) is 0 Å². The molecule has 2 aromatic heterocycles. The third kappa shape index (κ3) is 2.65. The van der Waals surface area contributed by atoms with Crippen molar-refractivity contribution in [3.05, 3.63) is 34.9 Å². The van der Waals surface area contributed by atoms with Gasteiger partial charge >= 0.3 is 0 Å². The second-order valence-electron chi connectivity index (χ2n) is 6.62. The summed E-state index contributed by atoms with van der Waals surface area (Å²) >= 11 is 0. The standard InChI is InChI=1S/C16H22N6O/c1-21-8-5-14-12(10-21)15(20-19-14)16(23)22-7-2-3-11(9-22)13-4-6-17-18-13/h4,6,11H,2-3,5,7-10H2,1H3,(H,17,18)(H,19,20). The molecule has 2 aliphatic heterocycles. The quantitative estimate of drug-likeness (QED) is 0.871. The Morgan fingerprint density at radius 3 is 3.09 bits per heavy atom. The number of carbonyl (C=O) groups is 1. The molecule has 1 saturated heterocycles. The molecule has 2 aromatic rings. The monoisotopic (exact) mass is 314 g/mol. The highest BCUT2D eigenvalue weighted by atomic mass is 16.2.